The summed E-state index contributed by atoms with van der Waals surface area (Å²) in [7, 11) is 0. The summed E-state index contributed by atoms with van der Waals surface area (Å²) in [6.07, 6.45) is 10.6. The van der Waals surface area contributed by atoms with Crippen molar-refractivity contribution in [3.8, 4) is 0 Å². The van der Waals surface area contributed by atoms with Gasteiger partial charge in [-0.25, -0.2) is 4.79 Å². The average molecular weight is 461 g/mol. The van der Waals surface area contributed by atoms with E-state index in [-0.39, 0.29) is 11.7 Å². The van der Waals surface area contributed by atoms with Gasteiger partial charge in [-0.2, -0.15) is 5.01 Å². The summed E-state index contributed by atoms with van der Waals surface area (Å²) in [6, 6.07) is -0.558. The predicted octanol–water partition coefficient (Wildman–Crippen LogP) is 3.14. The third-order valence-corrected chi connectivity index (χ3v) is 7.85. The second-order valence-electron chi connectivity index (χ2n) is 9.23. The quantitative estimate of drug-likeness (QED) is 0.368. The van der Waals surface area contributed by atoms with E-state index in [0.29, 0.717) is 36.4 Å². The van der Waals surface area contributed by atoms with Gasteiger partial charge in [0.15, 0.2) is 5.16 Å². The number of nitrogens with zero attached hydrogens (tertiary/aromatic N) is 4. The van der Waals surface area contributed by atoms with Crippen molar-refractivity contribution in [2.24, 2.45) is 5.92 Å². The van der Waals surface area contributed by atoms with Crippen molar-refractivity contribution in [3.63, 3.8) is 0 Å². The first-order valence-corrected chi connectivity index (χ1v) is 12.5. The van der Waals surface area contributed by atoms with Crippen molar-refractivity contribution >= 4 is 29.6 Å². The molecule has 1 spiro atoms. The van der Waals surface area contributed by atoms with Gasteiger partial charge in [0.05, 0.1) is 5.75 Å². The topological polar surface area (TPSA) is 109 Å². The van der Waals surface area contributed by atoms with Crippen LogP contribution in [0.4, 0.5) is 4.79 Å². The number of imide groups is 1. The van der Waals surface area contributed by atoms with Gasteiger partial charge in [-0.1, -0.05) is 44.0 Å². The van der Waals surface area contributed by atoms with Gasteiger partial charge in [-0.15, -0.1) is 16.8 Å². The SMILES string of the molecule is C=CCn1c(SCC(=O)NN2C(=O)NC3(CCC(C)CC3)C2=O)nnc1C1CCCCC1. The maximum atomic E-state index is 12.9. The Balaban J connectivity index is 1.37. The number of carbonyl (C=O) groups is 3. The van der Waals surface area contributed by atoms with Gasteiger partial charge < -0.3 is 9.88 Å². The summed E-state index contributed by atoms with van der Waals surface area (Å²) in [5.41, 5.74) is 1.62. The van der Waals surface area contributed by atoms with Gasteiger partial charge in [0.25, 0.3) is 5.91 Å². The number of nitrogens with one attached hydrogen (secondary N) is 2. The maximum Gasteiger partial charge on any atom is 0.344 e. The van der Waals surface area contributed by atoms with Gasteiger partial charge >= 0.3 is 6.03 Å². The van der Waals surface area contributed by atoms with Crippen LogP contribution in [0.1, 0.15) is 76.5 Å². The van der Waals surface area contributed by atoms with Crippen LogP contribution in [0.5, 0.6) is 0 Å². The van der Waals surface area contributed by atoms with E-state index in [1.54, 1.807) is 6.08 Å². The highest BCUT2D eigenvalue weighted by molar-refractivity contribution is 7.99. The molecule has 0 aromatic carbocycles. The van der Waals surface area contributed by atoms with Crippen LogP contribution in [-0.4, -0.2) is 48.9 Å². The molecule has 2 aliphatic carbocycles. The van der Waals surface area contributed by atoms with Gasteiger partial charge in [0, 0.05) is 12.5 Å². The summed E-state index contributed by atoms with van der Waals surface area (Å²) in [5.74, 6) is 1.13. The van der Waals surface area contributed by atoms with E-state index in [2.05, 4.69) is 34.4 Å². The number of thioether (sulfide) groups is 1. The number of allylic oxidation sites excluding steroid dienone is 1. The van der Waals surface area contributed by atoms with Gasteiger partial charge in [0.2, 0.25) is 5.91 Å². The van der Waals surface area contributed by atoms with E-state index >= 15 is 0 Å². The fraction of sp³-hybridized carbons (Fsp3) is 0.682. The third-order valence-electron chi connectivity index (χ3n) is 6.89. The molecule has 0 radical (unpaired) electrons. The zero-order valence-corrected chi connectivity index (χ0v) is 19.5. The molecule has 4 amide bonds. The Labute approximate surface area is 192 Å². The highest BCUT2D eigenvalue weighted by atomic mass is 32.2. The molecule has 1 saturated heterocycles. The number of urea groups is 1. The molecular weight excluding hydrogens is 428 g/mol. The molecule has 2 N–H and O–H groups in total. The summed E-state index contributed by atoms with van der Waals surface area (Å²) in [5, 5.41) is 13.0. The summed E-state index contributed by atoms with van der Waals surface area (Å²) in [6.45, 7) is 6.56. The maximum absolute atomic E-state index is 12.9. The van der Waals surface area contributed by atoms with E-state index < -0.39 is 17.5 Å². The van der Waals surface area contributed by atoms with Gasteiger partial charge in [-0.05, 0) is 44.4 Å². The third kappa shape index (κ3) is 4.55. The number of aromatic nitrogens is 3. The average Bonchev–Trinajstić information content (AvgIpc) is 3.29. The molecule has 1 aromatic rings. The van der Waals surface area contributed by atoms with Crippen molar-refractivity contribution in [2.75, 3.05) is 5.75 Å². The van der Waals surface area contributed by atoms with E-state index in [9.17, 15) is 14.4 Å². The largest absolute Gasteiger partial charge is 0.344 e. The first kappa shape index (κ1) is 22.8. The zero-order valence-electron chi connectivity index (χ0n) is 18.6. The van der Waals surface area contributed by atoms with Gasteiger partial charge in [-0.3, -0.25) is 15.0 Å². The van der Waals surface area contributed by atoms with Crippen LogP contribution in [-0.2, 0) is 16.1 Å². The van der Waals surface area contributed by atoms with E-state index in [0.717, 1.165) is 36.5 Å². The Bertz CT molecular complexity index is 886. The number of amides is 4. The van der Waals surface area contributed by atoms with Crippen molar-refractivity contribution in [1.29, 1.82) is 0 Å². The summed E-state index contributed by atoms with van der Waals surface area (Å²) >= 11 is 1.25. The highest BCUT2D eigenvalue weighted by Gasteiger charge is 2.52. The standard InChI is InChI=1S/C22H32N6O3S/c1-3-13-27-18(16-7-5-4-6-8-16)24-25-21(27)32-14-17(29)26-28-19(30)22(23-20(28)31)11-9-15(2)10-12-22/h3,15-16H,1,4-14H2,2H3,(H,23,31)(H,26,29). The first-order valence-electron chi connectivity index (χ1n) is 11.6. The second-order valence-corrected chi connectivity index (χ2v) is 10.2. The molecule has 3 aliphatic rings. The Hall–Kier alpha value is -2.36. The normalized spacial score (nSPS) is 26.4. The molecule has 1 aliphatic heterocycles. The lowest BCUT2D eigenvalue weighted by molar-refractivity contribution is -0.139. The minimum atomic E-state index is -0.872. The van der Waals surface area contributed by atoms with Crippen LogP contribution >= 0.6 is 11.8 Å². The molecule has 0 atom stereocenters. The molecule has 4 rings (SSSR count). The second kappa shape index (κ2) is 9.64. The number of hydrazine groups is 1. The van der Waals surface area contributed by atoms with E-state index in [1.165, 1.54) is 31.0 Å². The number of carbonyl (C=O) groups excluding carboxylic acids is 3. The molecule has 0 unspecified atom stereocenters. The van der Waals surface area contributed by atoms with Crippen LogP contribution in [0.2, 0.25) is 0 Å². The molecule has 1 aromatic heterocycles. The number of hydrogen-bond acceptors (Lipinski definition) is 6. The Morgan fingerprint density at radius 3 is 2.62 bits per heavy atom. The lowest BCUT2D eigenvalue weighted by atomic mass is 9.77. The zero-order chi connectivity index (χ0) is 22.7. The molecule has 0 bridgehead atoms. The Morgan fingerprint density at radius 2 is 1.94 bits per heavy atom. The van der Waals surface area contributed by atoms with Gasteiger partial charge in [0.1, 0.15) is 11.4 Å². The monoisotopic (exact) mass is 460 g/mol. The molecule has 3 fully saturated rings. The predicted molar refractivity (Wildman–Crippen MR) is 121 cm³/mol. The number of rotatable bonds is 7. The molecule has 10 heteroatoms. The van der Waals surface area contributed by atoms with E-state index in [4.69, 9.17) is 0 Å². The van der Waals surface area contributed by atoms with Crippen LogP contribution in [0, 0.1) is 5.92 Å². The molecule has 2 saturated carbocycles. The van der Waals surface area contributed by atoms with E-state index in [1.807, 2.05) is 4.57 Å². The minimum absolute atomic E-state index is 0.0288. The van der Waals surface area contributed by atoms with Crippen molar-refractivity contribution < 1.29 is 14.4 Å². The lowest BCUT2D eigenvalue weighted by Gasteiger charge is -2.33. The highest BCUT2D eigenvalue weighted by Crippen LogP contribution is 2.36. The van der Waals surface area contributed by atoms with Crippen LogP contribution in [0.25, 0.3) is 0 Å². The molecular formula is C22H32N6O3S. The Morgan fingerprint density at radius 1 is 1.22 bits per heavy atom. The van der Waals surface area contributed by atoms with Crippen LogP contribution < -0.4 is 10.7 Å². The van der Waals surface area contributed by atoms with Crippen molar-refractivity contribution in [3.05, 3.63) is 18.5 Å². The lowest BCUT2D eigenvalue weighted by Crippen LogP contribution is -2.51. The fourth-order valence-corrected chi connectivity index (χ4v) is 5.72. The number of hydrogen-bond donors (Lipinski definition) is 2. The van der Waals surface area contributed by atoms with Crippen LogP contribution in [0.15, 0.2) is 17.8 Å². The molecule has 2 heterocycles. The fourth-order valence-electron chi connectivity index (χ4n) is 4.97. The molecule has 9 nitrogen and oxygen atoms in total. The first-order chi connectivity index (χ1) is 15.4. The van der Waals surface area contributed by atoms with Crippen molar-refractivity contribution in [2.45, 2.75) is 87.9 Å². The summed E-state index contributed by atoms with van der Waals surface area (Å²) < 4.78 is 2.02. The summed E-state index contributed by atoms with van der Waals surface area (Å²) in [4.78, 5) is 37.9. The van der Waals surface area contributed by atoms with Crippen LogP contribution in [0.3, 0.4) is 0 Å². The molecule has 32 heavy (non-hydrogen) atoms. The Kier molecular flexibility index (Phi) is 6.88. The minimum Gasteiger partial charge on any atom is -0.322 e. The van der Waals surface area contributed by atoms with Crippen molar-refractivity contribution in [1.82, 2.24) is 30.5 Å². The molecule has 174 valence electrons. The smallest absolute Gasteiger partial charge is 0.322 e.